The first kappa shape index (κ1) is 37.6. The number of aliphatic hydroxyl groups excluding tert-OH is 1. The minimum absolute atomic E-state index is 0.0410. The monoisotopic (exact) mass is 783 g/mol. The summed E-state index contributed by atoms with van der Waals surface area (Å²) in [5.41, 5.74) is 3.47. The zero-order valence-electron chi connectivity index (χ0n) is 28.5. The maximum absolute atomic E-state index is 14.6. The van der Waals surface area contributed by atoms with Gasteiger partial charge in [-0.25, -0.2) is 13.2 Å². The fourth-order valence-corrected chi connectivity index (χ4v) is 7.43. The summed E-state index contributed by atoms with van der Waals surface area (Å²) in [7, 11) is 0. The van der Waals surface area contributed by atoms with Crippen molar-refractivity contribution in [3.63, 3.8) is 0 Å². The zero-order chi connectivity index (χ0) is 36.9. The van der Waals surface area contributed by atoms with Gasteiger partial charge >= 0.3 is 5.97 Å². The van der Waals surface area contributed by atoms with Gasteiger partial charge in [0.2, 0.25) is 5.91 Å². The lowest BCUT2D eigenvalue weighted by atomic mass is 9.82. The number of carbonyl (C=O) groups excluding carboxylic acids is 2. The molecule has 2 heterocycles. The maximum atomic E-state index is 14.6. The summed E-state index contributed by atoms with van der Waals surface area (Å²) in [6, 6.07) is 15.5. The Morgan fingerprint density at radius 2 is 1.77 bits per heavy atom. The second-order valence-electron chi connectivity index (χ2n) is 13.7. The molecule has 0 spiro atoms. The van der Waals surface area contributed by atoms with E-state index < -0.39 is 36.2 Å². The number of halogens is 4. The highest BCUT2D eigenvalue weighted by molar-refractivity contribution is 9.10. The van der Waals surface area contributed by atoms with Gasteiger partial charge in [-0.15, -0.1) is 0 Å². The number of carboxylic acids is 1. The molecular weight excluding hydrogens is 743 g/mol. The van der Waals surface area contributed by atoms with E-state index in [0.29, 0.717) is 48.2 Å². The number of fused-ring (bicyclic) bond motifs is 2. The average molecular weight is 785 g/mol. The van der Waals surface area contributed by atoms with Crippen LogP contribution in [0.15, 0.2) is 70.7 Å². The van der Waals surface area contributed by atoms with E-state index in [9.17, 15) is 32.7 Å². The number of carbonyl (C=O) groups is 3. The van der Waals surface area contributed by atoms with E-state index in [1.807, 2.05) is 24.3 Å². The van der Waals surface area contributed by atoms with Crippen LogP contribution in [0.1, 0.15) is 55.2 Å². The van der Waals surface area contributed by atoms with E-state index in [4.69, 9.17) is 9.84 Å². The average Bonchev–Trinajstić information content (AvgIpc) is 3.95. The van der Waals surface area contributed by atoms with Gasteiger partial charge in [-0.05, 0) is 94.9 Å². The first-order valence-corrected chi connectivity index (χ1v) is 18.3. The highest BCUT2D eigenvalue weighted by atomic mass is 79.9. The molecule has 0 unspecified atom stereocenters. The molecule has 2 aliphatic heterocycles. The summed E-state index contributed by atoms with van der Waals surface area (Å²) < 4.78 is 48.6. The Kier molecular flexibility index (Phi) is 12.0. The minimum Gasteiger partial charge on any atom is -0.492 e. The summed E-state index contributed by atoms with van der Waals surface area (Å²) in [4.78, 5) is 42.2. The van der Waals surface area contributed by atoms with Gasteiger partial charge in [0.25, 0.3) is 5.91 Å². The largest absolute Gasteiger partial charge is 0.492 e. The van der Waals surface area contributed by atoms with E-state index in [1.165, 1.54) is 24.3 Å². The number of aliphatic carboxylic acids is 1. The number of hydrogen-bond donors (Lipinski definition) is 3. The number of aryl methyl sites for hydroxylation is 1. The van der Waals surface area contributed by atoms with Crippen molar-refractivity contribution in [1.82, 2.24) is 15.1 Å². The summed E-state index contributed by atoms with van der Waals surface area (Å²) in [6.45, 7) is 1.05. The SMILES string of the molecule is O=C(O)C[C@H](O)CC(=O)N1C[C@H]2CC(c3ccc(CCCOc4cc(F)ccc4Br)cc3)=C(C(=O)N(CCc3cccc(F)c3F)C3CC3)[C@@H](C1)N2. The molecule has 0 radical (unpaired) electrons. The Labute approximate surface area is 308 Å². The molecule has 1 aliphatic carbocycles. The van der Waals surface area contributed by atoms with Crippen LogP contribution in [0.4, 0.5) is 13.2 Å². The van der Waals surface area contributed by atoms with Crippen molar-refractivity contribution in [1.29, 1.82) is 0 Å². The number of rotatable bonds is 15. The predicted molar refractivity (Wildman–Crippen MR) is 191 cm³/mol. The quantitative estimate of drug-likeness (QED) is 0.170. The molecule has 9 nitrogen and oxygen atoms in total. The number of amides is 2. The predicted octanol–water partition coefficient (Wildman–Crippen LogP) is 5.66. The molecule has 52 heavy (non-hydrogen) atoms. The molecule has 13 heteroatoms. The Morgan fingerprint density at radius 1 is 1.00 bits per heavy atom. The van der Waals surface area contributed by atoms with Crippen LogP contribution < -0.4 is 10.1 Å². The van der Waals surface area contributed by atoms with Crippen LogP contribution in [-0.4, -0.2) is 88.3 Å². The van der Waals surface area contributed by atoms with Gasteiger partial charge in [0, 0.05) is 43.4 Å². The lowest BCUT2D eigenvalue weighted by Gasteiger charge is -2.45. The smallest absolute Gasteiger partial charge is 0.305 e. The van der Waals surface area contributed by atoms with E-state index in [1.54, 1.807) is 15.9 Å². The molecule has 1 saturated carbocycles. The molecule has 3 aromatic rings. The normalized spacial score (nSPS) is 19.0. The molecule has 3 aromatic carbocycles. The van der Waals surface area contributed by atoms with Gasteiger partial charge in [0.15, 0.2) is 11.6 Å². The molecule has 3 aliphatic rings. The fourth-order valence-electron chi connectivity index (χ4n) is 7.07. The number of ether oxygens (including phenoxy) is 1. The number of nitrogens with one attached hydrogen (secondary N) is 1. The van der Waals surface area contributed by atoms with E-state index >= 15 is 0 Å². The Balaban J connectivity index is 1.22. The number of piperazine rings is 1. The van der Waals surface area contributed by atoms with Gasteiger partial charge in [-0.2, -0.15) is 0 Å². The Morgan fingerprint density at radius 3 is 2.50 bits per heavy atom. The standard InChI is InChI=1S/C39H41BrF3N3O6/c40-31-13-10-26(41)17-34(31)52-16-2-3-23-6-8-24(9-7-23)30-18-27-21-45(35(48)19-29(47)20-36(49)50)22-33(44-27)37(30)39(51)46(28-11-12-28)15-14-25-4-1-5-32(42)38(25)43/h1,4-10,13,17,27-29,33,44,47H,2-3,11-12,14-16,18-22H2,(H,49,50)/t27-,29-,33-/m1/s1. The second kappa shape index (κ2) is 16.6. The number of benzene rings is 3. The van der Waals surface area contributed by atoms with E-state index in [-0.39, 0.29) is 61.2 Å². The van der Waals surface area contributed by atoms with E-state index in [2.05, 4.69) is 21.2 Å². The number of hydrogen-bond acceptors (Lipinski definition) is 6. The van der Waals surface area contributed by atoms with E-state index in [0.717, 1.165) is 35.6 Å². The molecule has 1 saturated heterocycles. The third-order valence-electron chi connectivity index (χ3n) is 9.77. The third kappa shape index (κ3) is 9.23. The third-order valence-corrected chi connectivity index (χ3v) is 10.4. The highest BCUT2D eigenvalue weighted by Gasteiger charge is 2.43. The van der Waals surface area contributed by atoms with Crippen molar-refractivity contribution < 1.29 is 42.5 Å². The van der Waals surface area contributed by atoms with Crippen LogP contribution in [0.3, 0.4) is 0 Å². The van der Waals surface area contributed by atoms with Crippen molar-refractivity contribution >= 4 is 39.3 Å². The lowest BCUT2D eigenvalue weighted by molar-refractivity contribution is -0.141. The molecule has 6 rings (SSSR count). The van der Waals surface area contributed by atoms with Crippen molar-refractivity contribution in [3.05, 3.63) is 105 Å². The highest BCUT2D eigenvalue weighted by Crippen LogP contribution is 2.37. The first-order chi connectivity index (χ1) is 25.0. The fraction of sp³-hybridized carbons (Fsp3) is 0.410. The minimum atomic E-state index is -1.33. The molecule has 0 aromatic heterocycles. The molecule has 2 fully saturated rings. The summed E-state index contributed by atoms with van der Waals surface area (Å²) >= 11 is 3.37. The van der Waals surface area contributed by atoms with Crippen LogP contribution in [0.2, 0.25) is 0 Å². The molecule has 2 amide bonds. The van der Waals surface area contributed by atoms with Crippen molar-refractivity contribution in [2.24, 2.45) is 0 Å². The van der Waals surface area contributed by atoms with Gasteiger partial charge < -0.3 is 30.1 Å². The van der Waals surface area contributed by atoms with Crippen LogP contribution in [0.25, 0.3) is 5.57 Å². The van der Waals surface area contributed by atoms with Gasteiger partial charge in [-0.3, -0.25) is 14.4 Å². The van der Waals surface area contributed by atoms with Gasteiger partial charge in [0.1, 0.15) is 11.6 Å². The maximum Gasteiger partial charge on any atom is 0.305 e. The van der Waals surface area contributed by atoms with Crippen LogP contribution >= 0.6 is 15.9 Å². The summed E-state index contributed by atoms with van der Waals surface area (Å²) in [5.74, 6) is -3.62. The summed E-state index contributed by atoms with van der Waals surface area (Å²) in [5, 5.41) is 22.7. The van der Waals surface area contributed by atoms with Crippen LogP contribution in [0.5, 0.6) is 5.75 Å². The van der Waals surface area contributed by atoms with Crippen molar-refractivity contribution in [2.45, 2.75) is 75.6 Å². The molecular formula is C39H41BrF3N3O6. The van der Waals surface area contributed by atoms with Crippen LogP contribution in [-0.2, 0) is 27.2 Å². The summed E-state index contributed by atoms with van der Waals surface area (Å²) in [6.07, 6.45) is 1.34. The van der Waals surface area contributed by atoms with Gasteiger partial charge in [0.05, 0.1) is 36.1 Å². The zero-order valence-corrected chi connectivity index (χ0v) is 30.1. The van der Waals surface area contributed by atoms with Gasteiger partial charge in [-0.1, -0.05) is 36.4 Å². The van der Waals surface area contributed by atoms with Crippen molar-refractivity contribution in [3.8, 4) is 5.75 Å². The molecule has 2 bridgehead atoms. The number of carboxylic acid groups (broad SMARTS) is 1. The number of nitrogens with zero attached hydrogens (tertiary/aromatic N) is 2. The van der Waals surface area contributed by atoms with Crippen LogP contribution in [0, 0.1) is 17.5 Å². The second-order valence-corrected chi connectivity index (χ2v) is 14.5. The Hall–Kier alpha value is -4.20. The van der Waals surface area contributed by atoms with Crippen molar-refractivity contribution in [2.75, 3.05) is 26.2 Å². The lowest BCUT2D eigenvalue weighted by Crippen LogP contribution is -2.62. The molecule has 276 valence electrons. The molecule has 3 atom stereocenters. The number of aliphatic hydroxyl groups is 1. The molecule has 3 N–H and O–H groups in total. The Bertz CT molecular complexity index is 1840. The topological polar surface area (TPSA) is 119 Å². The first-order valence-electron chi connectivity index (χ1n) is 17.5.